The Morgan fingerprint density at radius 1 is 1.21 bits per heavy atom. The molecule has 0 radical (unpaired) electrons. The summed E-state index contributed by atoms with van der Waals surface area (Å²) in [6.07, 6.45) is 1.56. The first-order chi connectivity index (χ1) is 9.00. The van der Waals surface area contributed by atoms with Crippen molar-refractivity contribution in [1.82, 2.24) is 0 Å². The van der Waals surface area contributed by atoms with Crippen LogP contribution in [0.3, 0.4) is 0 Å². The smallest absolute Gasteiger partial charge is 0.192 e. The van der Waals surface area contributed by atoms with E-state index in [9.17, 15) is 13.2 Å². The largest absolute Gasteiger partial charge is 0.416 e. The lowest BCUT2D eigenvalue weighted by Crippen LogP contribution is -2.10. The average molecular weight is 267 g/mol. The van der Waals surface area contributed by atoms with Crippen LogP contribution in [-0.2, 0) is 12.6 Å². The summed E-state index contributed by atoms with van der Waals surface area (Å²) < 4.78 is 38.9. The molecule has 1 aliphatic rings. The maximum absolute atomic E-state index is 13.0. The van der Waals surface area contributed by atoms with Crippen molar-refractivity contribution in [2.24, 2.45) is 5.92 Å². The van der Waals surface area contributed by atoms with Gasteiger partial charge in [0.05, 0.1) is 17.2 Å². The maximum Gasteiger partial charge on any atom is 0.416 e. The van der Waals surface area contributed by atoms with Gasteiger partial charge in [0.2, 0.25) is 0 Å². The van der Waals surface area contributed by atoms with Gasteiger partial charge >= 0.3 is 6.18 Å². The predicted octanol–water partition coefficient (Wildman–Crippen LogP) is 4.70. The van der Waals surface area contributed by atoms with Crippen molar-refractivity contribution < 1.29 is 13.2 Å². The normalized spacial score (nSPS) is 16.5. The Kier molecular flexibility index (Phi) is 4.14. The Morgan fingerprint density at radius 2 is 1.89 bits per heavy atom. The zero-order chi connectivity index (χ0) is 13.9. The van der Waals surface area contributed by atoms with Gasteiger partial charge in [0, 0.05) is 0 Å². The van der Waals surface area contributed by atoms with E-state index in [-0.39, 0.29) is 5.56 Å². The highest BCUT2D eigenvalue weighted by Gasteiger charge is 2.33. The second-order valence-corrected chi connectivity index (χ2v) is 5.17. The fourth-order valence-electron chi connectivity index (χ4n) is 2.79. The molecule has 0 atom stereocenters. The van der Waals surface area contributed by atoms with Gasteiger partial charge in [0.1, 0.15) is 0 Å². The molecular weight excluding hydrogens is 251 g/mol. The van der Waals surface area contributed by atoms with Gasteiger partial charge in [-0.05, 0) is 36.5 Å². The van der Waals surface area contributed by atoms with E-state index in [0.29, 0.717) is 17.9 Å². The molecule has 1 aromatic carbocycles. The molecule has 0 N–H and O–H groups in total. The molecule has 1 saturated carbocycles. The van der Waals surface area contributed by atoms with Crippen molar-refractivity contribution in [3.63, 3.8) is 0 Å². The zero-order valence-electron chi connectivity index (χ0n) is 10.6. The first-order valence-corrected chi connectivity index (χ1v) is 6.61. The molecule has 19 heavy (non-hydrogen) atoms. The molecule has 4 heteroatoms. The molecule has 0 saturated heterocycles. The summed E-state index contributed by atoms with van der Waals surface area (Å²) in [5, 5.41) is 8.70. The summed E-state index contributed by atoms with van der Waals surface area (Å²) in [5.74, 6) is 0.566. The van der Waals surface area contributed by atoms with Crippen molar-refractivity contribution in [2.45, 2.75) is 44.7 Å². The molecule has 1 aromatic rings. The first kappa shape index (κ1) is 13.9. The molecule has 0 amide bonds. The van der Waals surface area contributed by atoms with E-state index in [2.05, 4.69) is 0 Å². The Bertz CT molecular complexity index is 479. The Hall–Kier alpha value is -1.50. The highest BCUT2D eigenvalue weighted by molar-refractivity contribution is 5.39. The van der Waals surface area contributed by atoms with Gasteiger partial charge in [-0.3, -0.25) is 0 Å². The minimum atomic E-state index is -4.38. The van der Waals surface area contributed by atoms with Crippen LogP contribution >= 0.6 is 0 Å². The van der Waals surface area contributed by atoms with Crippen LogP contribution in [0.5, 0.6) is 0 Å². The number of nitrogens with zero attached hydrogens (tertiary/aromatic N) is 1. The summed E-state index contributed by atoms with van der Waals surface area (Å²) >= 11 is 0. The Morgan fingerprint density at radius 3 is 2.47 bits per heavy atom. The summed E-state index contributed by atoms with van der Waals surface area (Å²) in [4.78, 5) is 0. The van der Waals surface area contributed by atoms with Crippen LogP contribution < -0.4 is 0 Å². The van der Waals surface area contributed by atoms with Crippen molar-refractivity contribution in [1.29, 1.82) is 5.26 Å². The summed E-state index contributed by atoms with van der Waals surface area (Å²) in [5.41, 5.74) is -0.264. The van der Waals surface area contributed by atoms with E-state index in [4.69, 9.17) is 5.26 Å². The lowest BCUT2D eigenvalue weighted by Gasteiger charge is -2.15. The van der Waals surface area contributed by atoms with Gasteiger partial charge in [0.15, 0.2) is 0 Å². The summed E-state index contributed by atoms with van der Waals surface area (Å²) in [7, 11) is 0. The molecule has 1 nitrogen and oxygen atoms in total. The molecule has 0 bridgehead atoms. The van der Waals surface area contributed by atoms with Crippen LogP contribution in [0, 0.1) is 17.2 Å². The van der Waals surface area contributed by atoms with Crippen LogP contribution in [0.2, 0.25) is 0 Å². The summed E-state index contributed by atoms with van der Waals surface area (Å²) in [6.45, 7) is 0. The van der Waals surface area contributed by atoms with E-state index in [0.717, 1.165) is 25.3 Å². The average Bonchev–Trinajstić information content (AvgIpc) is 2.88. The van der Waals surface area contributed by atoms with Gasteiger partial charge in [0.25, 0.3) is 0 Å². The van der Waals surface area contributed by atoms with Crippen molar-refractivity contribution in [3.05, 3.63) is 34.9 Å². The van der Waals surface area contributed by atoms with Crippen molar-refractivity contribution >= 4 is 0 Å². The van der Waals surface area contributed by atoms with E-state index < -0.39 is 11.7 Å². The molecule has 0 aromatic heterocycles. The number of hydrogen-bond donors (Lipinski definition) is 0. The quantitative estimate of drug-likeness (QED) is 0.778. The topological polar surface area (TPSA) is 23.8 Å². The lowest BCUT2D eigenvalue weighted by atomic mass is 9.94. The monoisotopic (exact) mass is 267 g/mol. The van der Waals surface area contributed by atoms with Gasteiger partial charge in [-0.25, -0.2) is 0 Å². The van der Waals surface area contributed by atoms with Crippen LogP contribution in [-0.4, -0.2) is 0 Å². The van der Waals surface area contributed by atoms with E-state index >= 15 is 0 Å². The molecule has 102 valence electrons. The molecule has 0 unspecified atom stereocenters. The number of rotatable bonds is 3. The zero-order valence-corrected chi connectivity index (χ0v) is 10.6. The van der Waals surface area contributed by atoms with E-state index in [1.165, 1.54) is 25.0 Å². The van der Waals surface area contributed by atoms with Gasteiger partial charge < -0.3 is 0 Å². The molecular formula is C15H16F3N. The fourth-order valence-corrected chi connectivity index (χ4v) is 2.79. The second kappa shape index (κ2) is 5.64. The third-order valence-electron chi connectivity index (χ3n) is 3.84. The van der Waals surface area contributed by atoms with Crippen LogP contribution in [0.25, 0.3) is 0 Å². The van der Waals surface area contributed by atoms with Gasteiger partial charge in [-0.2, -0.15) is 18.4 Å². The number of alkyl halides is 3. The molecule has 1 aliphatic carbocycles. The fraction of sp³-hybridized carbons (Fsp3) is 0.533. The first-order valence-electron chi connectivity index (χ1n) is 6.61. The SMILES string of the molecule is N#Cc1ccc(CCC2CCCC2)c(C(F)(F)F)c1. The predicted molar refractivity (Wildman–Crippen MR) is 66.4 cm³/mol. The van der Waals surface area contributed by atoms with E-state index in [1.807, 2.05) is 0 Å². The maximum atomic E-state index is 13.0. The van der Waals surface area contributed by atoms with Gasteiger partial charge in [-0.1, -0.05) is 31.7 Å². The molecule has 0 spiro atoms. The minimum Gasteiger partial charge on any atom is -0.192 e. The van der Waals surface area contributed by atoms with Crippen LogP contribution in [0.4, 0.5) is 13.2 Å². The highest BCUT2D eigenvalue weighted by Crippen LogP contribution is 2.35. The number of benzene rings is 1. The minimum absolute atomic E-state index is 0.0666. The number of nitriles is 1. The third-order valence-corrected chi connectivity index (χ3v) is 3.84. The Balaban J connectivity index is 2.16. The number of aryl methyl sites for hydroxylation is 1. The second-order valence-electron chi connectivity index (χ2n) is 5.17. The number of hydrogen-bond acceptors (Lipinski definition) is 1. The van der Waals surface area contributed by atoms with Crippen LogP contribution in [0.1, 0.15) is 48.8 Å². The van der Waals surface area contributed by atoms with Gasteiger partial charge in [-0.15, -0.1) is 0 Å². The van der Waals surface area contributed by atoms with Crippen molar-refractivity contribution in [2.75, 3.05) is 0 Å². The molecule has 0 heterocycles. The molecule has 1 fully saturated rings. The molecule has 0 aliphatic heterocycles. The Labute approximate surface area is 111 Å². The lowest BCUT2D eigenvalue weighted by molar-refractivity contribution is -0.138. The third kappa shape index (κ3) is 3.50. The molecule has 2 rings (SSSR count). The summed E-state index contributed by atoms with van der Waals surface area (Å²) in [6, 6.07) is 5.65. The van der Waals surface area contributed by atoms with Crippen molar-refractivity contribution in [3.8, 4) is 6.07 Å². The standard InChI is InChI=1S/C15H16F3N/c16-15(17,18)14-9-12(10-19)6-8-13(14)7-5-11-3-1-2-4-11/h6,8-9,11H,1-5,7H2. The van der Waals surface area contributed by atoms with E-state index in [1.54, 1.807) is 6.07 Å². The highest BCUT2D eigenvalue weighted by atomic mass is 19.4. The number of halogens is 3. The van der Waals surface area contributed by atoms with Crippen LogP contribution in [0.15, 0.2) is 18.2 Å².